The minimum absolute atomic E-state index is 0.167. The Morgan fingerprint density at radius 1 is 1.30 bits per heavy atom. The molecule has 1 aromatic carbocycles. The fourth-order valence-electron chi connectivity index (χ4n) is 4.71. The molecule has 1 spiro atoms. The Balaban J connectivity index is 1.76. The van der Waals surface area contributed by atoms with Crippen LogP contribution in [0.5, 0.6) is 0 Å². The maximum absolute atomic E-state index is 14.4. The zero-order valence-electron chi connectivity index (χ0n) is 15.5. The predicted molar refractivity (Wildman–Crippen MR) is 101 cm³/mol. The highest BCUT2D eigenvalue weighted by atomic mass is 19.1. The number of amides is 2. The van der Waals surface area contributed by atoms with E-state index >= 15 is 0 Å². The molecular formula is C20H26F2N4O. The van der Waals surface area contributed by atoms with Crippen molar-refractivity contribution in [1.82, 2.24) is 10.6 Å². The Morgan fingerprint density at radius 3 is 2.85 bits per heavy atom. The Morgan fingerprint density at radius 2 is 2.11 bits per heavy atom. The fourth-order valence-corrected chi connectivity index (χ4v) is 4.71. The number of hydrogen-bond acceptors (Lipinski definition) is 3. The zero-order chi connectivity index (χ0) is 19.0. The predicted octanol–water partition coefficient (Wildman–Crippen LogP) is 3.55. The third-order valence-electron chi connectivity index (χ3n) is 5.98. The summed E-state index contributed by atoms with van der Waals surface area (Å²) in [5.74, 6) is 0.151. The molecule has 3 aliphatic rings. The number of halogens is 2. The number of piperidine rings is 1. The van der Waals surface area contributed by atoms with Gasteiger partial charge in [-0.05, 0) is 57.4 Å². The molecule has 4 atom stereocenters. The number of rotatable bonds is 2. The van der Waals surface area contributed by atoms with Crippen molar-refractivity contribution < 1.29 is 13.6 Å². The van der Waals surface area contributed by atoms with Crippen molar-refractivity contribution in [1.29, 1.82) is 0 Å². The molecule has 7 heteroatoms. The Hall–Kier alpha value is -2.02. The SMILES string of the molecule is C[C@H]1CC2(CCN1)C(=N[C@H]1CCCC[C@@H]1F)NC(=O)N2c1cccc(F)c1. The topological polar surface area (TPSA) is 56.7 Å². The van der Waals surface area contributed by atoms with Gasteiger partial charge in [0.2, 0.25) is 0 Å². The largest absolute Gasteiger partial charge is 0.328 e. The molecule has 2 heterocycles. The second-order valence-electron chi connectivity index (χ2n) is 7.93. The highest BCUT2D eigenvalue weighted by Crippen LogP contribution is 2.38. The fraction of sp³-hybridized carbons (Fsp3) is 0.600. The molecule has 2 aliphatic heterocycles. The van der Waals surface area contributed by atoms with Gasteiger partial charge < -0.3 is 5.32 Å². The van der Waals surface area contributed by atoms with Gasteiger partial charge in [0, 0.05) is 11.7 Å². The molecule has 2 amide bonds. The van der Waals surface area contributed by atoms with E-state index in [0.717, 1.165) is 12.8 Å². The highest BCUT2D eigenvalue weighted by Gasteiger charge is 2.53. The van der Waals surface area contributed by atoms with Gasteiger partial charge in [-0.25, -0.2) is 13.6 Å². The molecule has 146 valence electrons. The quantitative estimate of drug-likeness (QED) is 0.829. The normalized spacial score (nSPS) is 35.7. The van der Waals surface area contributed by atoms with Gasteiger partial charge >= 0.3 is 6.03 Å². The second kappa shape index (κ2) is 7.19. The average Bonchev–Trinajstić information content (AvgIpc) is 2.87. The first-order valence-corrected chi connectivity index (χ1v) is 9.82. The van der Waals surface area contributed by atoms with E-state index in [4.69, 9.17) is 4.99 Å². The molecule has 1 aliphatic carbocycles. The Bertz CT molecular complexity index is 755. The molecule has 1 saturated carbocycles. The molecule has 0 bridgehead atoms. The summed E-state index contributed by atoms with van der Waals surface area (Å²) < 4.78 is 28.3. The number of benzene rings is 1. The van der Waals surface area contributed by atoms with Crippen LogP contribution in [0.4, 0.5) is 19.3 Å². The number of amidine groups is 1. The summed E-state index contributed by atoms with van der Waals surface area (Å²) in [6.07, 6.45) is 3.38. The van der Waals surface area contributed by atoms with Crippen LogP contribution in [0.15, 0.2) is 29.3 Å². The third kappa shape index (κ3) is 3.33. The van der Waals surface area contributed by atoms with Gasteiger partial charge in [-0.3, -0.25) is 15.2 Å². The van der Waals surface area contributed by atoms with Gasteiger partial charge in [0.25, 0.3) is 0 Å². The first-order chi connectivity index (χ1) is 13.0. The third-order valence-corrected chi connectivity index (χ3v) is 5.98. The summed E-state index contributed by atoms with van der Waals surface area (Å²) in [6, 6.07) is 5.50. The van der Waals surface area contributed by atoms with Crippen LogP contribution in [0.3, 0.4) is 0 Å². The van der Waals surface area contributed by atoms with E-state index in [1.54, 1.807) is 17.0 Å². The van der Waals surface area contributed by atoms with Gasteiger partial charge in [-0.2, -0.15) is 0 Å². The second-order valence-corrected chi connectivity index (χ2v) is 7.93. The van der Waals surface area contributed by atoms with Crippen molar-refractivity contribution in [2.75, 3.05) is 11.4 Å². The Labute approximate surface area is 158 Å². The molecule has 1 aromatic rings. The van der Waals surface area contributed by atoms with Gasteiger partial charge in [-0.1, -0.05) is 18.9 Å². The van der Waals surface area contributed by atoms with Crippen molar-refractivity contribution in [3.63, 3.8) is 0 Å². The summed E-state index contributed by atoms with van der Waals surface area (Å²) in [5, 5.41) is 6.29. The smallest absolute Gasteiger partial charge is 0.314 e. The number of carbonyl (C=O) groups is 1. The summed E-state index contributed by atoms with van der Waals surface area (Å²) in [4.78, 5) is 19.2. The van der Waals surface area contributed by atoms with Gasteiger partial charge in [-0.15, -0.1) is 0 Å². The number of hydrogen-bond donors (Lipinski definition) is 2. The minimum Gasteiger partial charge on any atom is -0.314 e. The molecule has 1 unspecified atom stereocenters. The molecule has 2 N–H and O–H groups in total. The van der Waals surface area contributed by atoms with Crippen molar-refractivity contribution in [3.05, 3.63) is 30.1 Å². The standard InChI is InChI=1S/C20H26F2N4O/c1-13-12-20(9-10-23-13)18(24-17-8-3-2-7-16(17)22)25-19(27)26(20)15-6-4-5-14(21)11-15/h4-6,11,13,16-17,23H,2-3,7-10,12H2,1H3,(H,24,25,27)/t13-,16-,17-,20?/m0/s1. The van der Waals surface area contributed by atoms with Gasteiger partial charge in [0.15, 0.2) is 0 Å². The monoisotopic (exact) mass is 376 g/mol. The van der Waals surface area contributed by atoms with Crippen LogP contribution in [0.25, 0.3) is 0 Å². The van der Waals surface area contributed by atoms with E-state index in [0.29, 0.717) is 43.8 Å². The van der Waals surface area contributed by atoms with Crippen molar-refractivity contribution in [2.24, 2.45) is 4.99 Å². The summed E-state index contributed by atoms with van der Waals surface area (Å²) >= 11 is 0. The van der Waals surface area contributed by atoms with E-state index in [-0.39, 0.29) is 17.9 Å². The van der Waals surface area contributed by atoms with E-state index in [1.807, 2.05) is 0 Å². The lowest BCUT2D eigenvalue weighted by molar-refractivity contribution is 0.218. The van der Waals surface area contributed by atoms with Crippen molar-refractivity contribution in [3.8, 4) is 0 Å². The minimum atomic E-state index is -0.970. The first-order valence-electron chi connectivity index (χ1n) is 9.82. The maximum Gasteiger partial charge on any atom is 0.328 e. The lowest BCUT2D eigenvalue weighted by Crippen LogP contribution is -2.58. The number of carbonyl (C=O) groups excluding carboxylic acids is 1. The zero-order valence-corrected chi connectivity index (χ0v) is 15.5. The number of nitrogens with one attached hydrogen (secondary N) is 2. The average molecular weight is 376 g/mol. The van der Waals surface area contributed by atoms with Gasteiger partial charge in [0.05, 0.1) is 6.04 Å². The lowest BCUT2D eigenvalue weighted by Gasteiger charge is -2.43. The molecule has 4 rings (SSSR count). The van der Waals surface area contributed by atoms with Crippen LogP contribution in [0, 0.1) is 5.82 Å². The summed E-state index contributed by atoms with van der Waals surface area (Å²) in [5.41, 5.74) is -0.181. The van der Waals surface area contributed by atoms with Crippen LogP contribution in [0.1, 0.15) is 45.4 Å². The molecule has 3 fully saturated rings. The van der Waals surface area contributed by atoms with Crippen LogP contribution in [-0.4, -0.2) is 42.2 Å². The summed E-state index contributed by atoms with van der Waals surface area (Å²) in [7, 11) is 0. The number of alkyl halides is 1. The van der Waals surface area contributed by atoms with E-state index in [9.17, 15) is 13.6 Å². The van der Waals surface area contributed by atoms with Crippen LogP contribution < -0.4 is 15.5 Å². The molecule has 0 aromatic heterocycles. The molecular weight excluding hydrogens is 350 g/mol. The number of nitrogens with zero attached hydrogens (tertiary/aromatic N) is 2. The first kappa shape index (κ1) is 18.3. The summed E-state index contributed by atoms with van der Waals surface area (Å²) in [6.45, 7) is 2.77. The molecule has 0 radical (unpaired) electrons. The highest BCUT2D eigenvalue weighted by molar-refractivity contribution is 6.19. The van der Waals surface area contributed by atoms with Gasteiger partial charge in [0.1, 0.15) is 23.4 Å². The number of urea groups is 1. The number of aliphatic imine (C=N–C) groups is 1. The lowest BCUT2D eigenvalue weighted by atomic mass is 9.82. The Kier molecular flexibility index (Phi) is 4.88. The van der Waals surface area contributed by atoms with Crippen molar-refractivity contribution in [2.45, 2.75) is 69.2 Å². The maximum atomic E-state index is 14.4. The molecule has 5 nitrogen and oxygen atoms in total. The van der Waals surface area contributed by atoms with Crippen LogP contribution >= 0.6 is 0 Å². The number of anilines is 1. The van der Waals surface area contributed by atoms with E-state index < -0.39 is 17.8 Å². The van der Waals surface area contributed by atoms with Crippen LogP contribution in [0.2, 0.25) is 0 Å². The molecule has 27 heavy (non-hydrogen) atoms. The van der Waals surface area contributed by atoms with Crippen molar-refractivity contribution >= 4 is 17.6 Å². The van der Waals surface area contributed by atoms with E-state index in [1.165, 1.54) is 12.1 Å². The molecule has 2 saturated heterocycles. The van der Waals surface area contributed by atoms with Crippen LogP contribution in [-0.2, 0) is 0 Å². The van der Waals surface area contributed by atoms with E-state index in [2.05, 4.69) is 17.6 Å².